The van der Waals surface area contributed by atoms with E-state index < -0.39 is 58.6 Å². The molecular formula is C14H10F11NO3. The van der Waals surface area contributed by atoms with E-state index in [-0.39, 0.29) is 0 Å². The lowest BCUT2D eigenvalue weighted by Crippen LogP contribution is -2.66. The second kappa shape index (κ2) is 7.57. The fraction of sp³-hybridized carbons (Fsp3) is 0.571. The number of non-ortho nitro benzene ring substituents is 1. The molecule has 1 rings (SSSR count). The van der Waals surface area contributed by atoms with Gasteiger partial charge < -0.3 is 4.74 Å². The average Bonchev–Trinajstić information content (AvgIpc) is 2.58. The molecule has 0 spiro atoms. The molecule has 1 aromatic carbocycles. The van der Waals surface area contributed by atoms with Crippen molar-refractivity contribution in [2.75, 3.05) is 7.11 Å². The normalized spacial score (nSPS) is 15.3. The molecule has 0 radical (unpaired) electrons. The van der Waals surface area contributed by atoms with Gasteiger partial charge in [-0.25, -0.2) is 0 Å². The van der Waals surface area contributed by atoms with E-state index in [0.717, 1.165) is 18.2 Å². The van der Waals surface area contributed by atoms with E-state index in [4.69, 9.17) is 0 Å². The Hall–Kier alpha value is -2.19. The summed E-state index contributed by atoms with van der Waals surface area (Å²) in [5, 5.41) is 10.7. The molecular weight excluding hydrogens is 439 g/mol. The van der Waals surface area contributed by atoms with Crippen molar-refractivity contribution in [2.45, 2.75) is 42.4 Å². The fourth-order valence-corrected chi connectivity index (χ4v) is 2.14. The predicted molar refractivity (Wildman–Crippen MR) is 73.3 cm³/mol. The molecule has 1 aromatic rings. The molecule has 4 nitrogen and oxygen atoms in total. The molecule has 0 aliphatic carbocycles. The number of ether oxygens (including phenoxy) is 1. The molecule has 0 bridgehead atoms. The molecule has 29 heavy (non-hydrogen) atoms. The Balaban J connectivity index is 3.34. The molecule has 0 aliphatic rings. The third-order valence-corrected chi connectivity index (χ3v) is 3.78. The van der Waals surface area contributed by atoms with Gasteiger partial charge in [-0.3, -0.25) is 10.1 Å². The van der Waals surface area contributed by atoms with Crippen LogP contribution >= 0.6 is 0 Å². The second-order valence-corrected chi connectivity index (χ2v) is 5.71. The summed E-state index contributed by atoms with van der Waals surface area (Å²) < 4.78 is 148. The Morgan fingerprint density at radius 1 is 0.931 bits per heavy atom. The molecule has 0 aliphatic heterocycles. The molecule has 1 unspecified atom stereocenters. The molecule has 0 fully saturated rings. The van der Waals surface area contributed by atoms with E-state index >= 15 is 0 Å². The van der Waals surface area contributed by atoms with E-state index in [2.05, 4.69) is 4.74 Å². The number of alkyl halides is 11. The lowest BCUT2D eigenvalue weighted by molar-refractivity contribution is -0.423. The minimum absolute atomic E-state index is 0.546. The summed E-state index contributed by atoms with van der Waals surface area (Å²) >= 11 is 0. The standard InChI is InChI=1S/C14H10F11NO3/c1-29-9(7-3-2-4-8(5-7)26(27)28)6-10(15,16)11(17,18)12(19,20)13(21,22)14(23,24)25/h2-5,9H,6H2,1H3. The van der Waals surface area contributed by atoms with Crippen LogP contribution in [0.1, 0.15) is 18.1 Å². The van der Waals surface area contributed by atoms with Crippen molar-refractivity contribution >= 4 is 5.69 Å². The van der Waals surface area contributed by atoms with Crippen LogP contribution in [-0.4, -0.2) is 41.9 Å². The lowest BCUT2D eigenvalue weighted by atomic mass is 9.92. The fourth-order valence-electron chi connectivity index (χ4n) is 2.14. The number of halogens is 11. The van der Waals surface area contributed by atoms with Crippen molar-refractivity contribution in [3.8, 4) is 0 Å². The third-order valence-electron chi connectivity index (χ3n) is 3.78. The lowest BCUT2D eigenvalue weighted by Gasteiger charge is -2.38. The minimum Gasteiger partial charge on any atom is -0.377 e. The summed E-state index contributed by atoms with van der Waals surface area (Å²) in [6, 6.07) is 3.12. The number of hydrogen-bond acceptors (Lipinski definition) is 3. The first-order valence-corrected chi connectivity index (χ1v) is 7.18. The first-order valence-electron chi connectivity index (χ1n) is 7.18. The highest BCUT2D eigenvalue weighted by molar-refractivity contribution is 5.35. The van der Waals surface area contributed by atoms with Gasteiger partial charge in [-0.05, 0) is 5.56 Å². The van der Waals surface area contributed by atoms with Crippen LogP contribution in [0, 0.1) is 10.1 Å². The molecule has 0 N–H and O–H groups in total. The summed E-state index contributed by atoms with van der Waals surface area (Å²) in [5.74, 6) is -28.3. The monoisotopic (exact) mass is 449 g/mol. The third kappa shape index (κ3) is 4.23. The predicted octanol–water partition coefficient (Wildman–Crippen LogP) is 5.78. The van der Waals surface area contributed by atoms with Crippen LogP contribution in [-0.2, 0) is 4.74 Å². The zero-order valence-corrected chi connectivity index (χ0v) is 13.9. The van der Waals surface area contributed by atoms with Gasteiger partial charge in [-0.1, -0.05) is 12.1 Å². The number of methoxy groups -OCH3 is 1. The van der Waals surface area contributed by atoms with Gasteiger partial charge in [0.1, 0.15) is 0 Å². The number of nitro groups is 1. The highest BCUT2D eigenvalue weighted by Gasteiger charge is 2.87. The quantitative estimate of drug-likeness (QED) is 0.288. The van der Waals surface area contributed by atoms with Crippen LogP contribution < -0.4 is 0 Å². The van der Waals surface area contributed by atoms with Gasteiger partial charge in [0.15, 0.2) is 0 Å². The van der Waals surface area contributed by atoms with Crippen molar-refractivity contribution < 1.29 is 58.0 Å². The van der Waals surface area contributed by atoms with Crippen LogP contribution in [0.15, 0.2) is 24.3 Å². The Morgan fingerprint density at radius 2 is 1.45 bits per heavy atom. The topological polar surface area (TPSA) is 52.4 Å². The maximum Gasteiger partial charge on any atom is 0.460 e. The van der Waals surface area contributed by atoms with Gasteiger partial charge in [0.2, 0.25) is 0 Å². The van der Waals surface area contributed by atoms with Crippen LogP contribution in [0.4, 0.5) is 54.0 Å². The average molecular weight is 449 g/mol. The van der Waals surface area contributed by atoms with E-state index in [9.17, 15) is 58.4 Å². The van der Waals surface area contributed by atoms with Gasteiger partial charge in [0.05, 0.1) is 11.0 Å². The Labute approximate surface area is 154 Å². The smallest absolute Gasteiger partial charge is 0.377 e. The number of nitrogens with zero attached hydrogens (tertiary/aromatic N) is 1. The highest BCUT2D eigenvalue weighted by atomic mass is 19.4. The summed E-state index contributed by atoms with van der Waals surface area (Å²) in [7, 11) is 0.597. The van der Waals surface area contributed by atoms with Crippen molar-refractivity contribution in [3.05, 3.63) is 39.9 Å². The van der Waals surface area contributed by atoms with Crippen molar-refractivity contribution in [2.24, 2.45) is 0 Å². The first kappa shape index (κ1) is 24.8. The Bertz CT molecular complexity index is 749. The second-order valence-electron chi connectivity index (χ2n) is 5.71. The number of rotatable bonds is 8. The minimum atomic E-state index is -7.53. The molecule has 0 saturated carbocycles. The maximum absolute atomic E-state index is 13.9. The van der Waals surface area contributed by atoms with Gasteiger partial charge in [0.25, 0.3) is 5.69 Å². The number of nitro benzene ring substituents is 1. The molecule has 0 saturated heterocycles. The van der Waals surface area contributed by atoms with Gasteiger partial charge >= 0.3 is 29.9 Å². The molecule has 15 heteroatoms. The summed E-state index contributed by atoms with van der Waals surface area (Å²) in [6.07, 6.45) is -12.0. The zero-order chi connectivity index (χ0) is 23.1. The maximum atomic E-state index is 13.9. The molecule has 166 valence electrons. The summed E-state index contributed by atoms with van der Waals surface area (Å²) in [5.41, 5.74) is -1.35. The van der Waals surface area contributed by atoms with Gasteiger partial charge in [-0.2, -0.15) is 48.3 Å². The van der Waals surface area contributed by atoms with Crippen LogP contribution in [0.2, 0.25) is 0 Å². The number of hydrogen-bond donors (Lipinski definition) is 0. The summed E-state index contributed by atoms with van der Waals surface area (Å²) in [6.45, 7) is 0. The van der Waals surface area contributed by atoms with E-state index in [1.165, 1.54) is 0 Å². The van der Waals surface area contributed by atoms with Crippen molar-refractivity contribution in [1.29, 1.82) is 0 Å². The van der Waals surface area contributed by atoms with E-state index in [1.807, 2.05) is 0 Å². The Kier molecular flexibility index (Phi) is 6.49. The van der Waals surface area contributed by atoms with Crippen LogP contribution in [0.5, 0.6) is 0 Å². The molecule has 0 heterocycles. The zero-order valence-electron chi connectivity index (χ0n) is 13.9. The molecule has 0 amide bonds. The number of benzene rings is 1. The SMILES string of the molecule is COC(CC(F)(F)C(F)(F)C(F)(F)C(F)(F)C(F)(F)F)c1cccc([N+](=O)[O-])c1. The van der Waals surface area contributed by atoms with Crippen molar-refractivity contribution in [3.63, 3.8) is 0 Å². The van der Waals surface area contributed by atoms with Gasteiger partial charge in [-0.15, -0.1) is 0 Å². The largest absolute Gasteiger partial charge is 0.460 e. The van der Waals surface area contributed by atoms with Crippen LogP contribution in [0.3, 0.4) is 0 Å². The highest BCUT2D eigenvalue weighted by Crippen LogP contribution is 2.58. The van der Waals surface area contributed by atoms with E-state index in [1.54, 1.807) is 0 Å². The van der Waals surface area contributed by atoms with Crippen molar-refractivity contribution in [1.82, 2.24) is 0 Å². The molecule has 1 atom stereocenters. The summed E-state index contributed by atoms with van der Waals surface area (Å²) in [4.78, 5) is 9.63. The Morgan fingerprint density at radius 3 is 1.86 bits per heavy atom. The first-order chi connectivity index (χ1) is 12.8. The van der Waals surface area contributed by atoms with Crippen LogP contribution in [0.25, 0.3) is 0 Å². The van der Waals surface area contributed by atoms with E-state index in [0.29, 0.717) is 13.2 Å². The molecule has 0 aromatic heterocycles. The van der Waals surface area contributed by atoms with Gasteiger partial charge in [0, 0.05) is 25.7 Å².